The molecular formula is C21H23N. The van der Waals surface area contributed by atoms with Crippen molar-refractivity contribution in [3.63, 3.8) is 0 Å². The highest BCUT2D eigenvalue weighted by molar-refractivity contribution is 5.70. The van der Waals surface area contributed by atoms with Crippen LogP contribution in [0.3, 0.4) is 0 Å². The van der Waals surface area contributed by atoms with Gasteiger partial charge in [0, 0.05) is 17.1 Å². The molecule has 2 aromatic rings. The highest BCUT2D eigenvalue weighted by Crippen LogP contribution is 2.35. The molecule has 0 saturated carbocycles. The lowest BCUT2D eigenvalue weighted by molar-refractivity contribution is 0.481. The Kier molecular flexibility index (Phi) is 3.89. The molecule has 0 fully saturated rings. The van der Waals surface area contributed by atoms with E-state index in [1.807, 2.05) is 0 Å². The SMILES string of the molecule is Cc1ccc(N(C2=CCC(C)(C)C=C2)c2ccccc2)cc1. The summed E-state index contributed by atoms with van der Waals surface area (Å²) in [6.07, 6.45) is 7.96. The van der Waals surface area contributed by atoms with Crippen LogP contribution >= 0.6 is 0 Å². The number of aryl methyl sites for hydroxylation is 1. The largest absolute Gasteiger partial charge is 0.311 e. The van der Waals surface area contributed by atoms with Crippen molar-refractivity contribution in [2.45, 2.75) is 27.2 Å². The Bertz CT molecular complexity index is 690. The van der Waals surface area contributed by atoms with Crippen molar-refractivity contribution in [3.05, 3.63) is 84.1 Å². The van der Waals surface area contributed by atoms with Crippen LogP contribution in [0.1, 0.15) is 25.8 Å². The molecule has 0 atom stereocenters. The molecule has 0 aromatic heterocycles. The second kappa shape index (κ2) is 5.84. The number of rotatable bonds is 3. The smallest absolute Gasteiger partial charge is 0.0461 e. The van der Waals surface area contributed by atoms with E-state index in [-0.39, 0.29) is 5.41 Å². The van der Waals surface area contributed by atoms with Gasteiger partial charge < -0.3 is 4.90 Å². The Labute approximate surface area is 133 Å². The standard InChI is InChI=1S/C21H23N/c1-17-9-11-19(12-10-17)22(18-7-5-4-6-8-18)20-13-15-21(2,3)16-14-20/h4-15H,16H2,1-3H3. The van der Waals surface area contributed by atoms with Crippen molar-refractivity contribution in [3.8, 4) is 0 Å². The summed E-state index contributed by atoms with van der Waals surface area (Å²) in [6.45, 7) is 6.67. The number of para-hydroxylation sites is 1. The third kappa shape index (κ3) is 3.14. The predicted molar refractivity (Wildman–Crippen MR) is 95.4 cm³/mol. The number of nitrogens with zero attached hydrogens (tertiary/aromatic N) is 1. The van der Waals surface area contributed by atoms with Gasteiger partial charge in [-0.3, -0.25) is 0 Å². The Hall–Kier alpha value is -2.28. The molecule has 1 aliphatic rings. The van der Waals surface area contributed by atoms with Crippen LogP contribution in [-0.4, -0.2) is 0 Å². The highest BCUT2D eigenvalue weighted by Gasteiger charge is 2.20. The van der Waals surface area contributed by atoms with E-state index in [4.69, 9.17) is 0 Å². The average molecular weight is 289 g/mol. The Morgan fingerprint density at radius 3 is 2.09 bits per heavy atom. The molecule has 3 rings (SSSR count). The van der Waals surface area contributed by atoms with E-state index in [1.165, 1.54) is 22.6 Å². The molecule has 0 N–H and O–H groups in total. The fraction of sp³-hybridized carbons (Fsp3) is 0.238. The minimum atomic E-state index is 0.249. The van der Waals surface area contributed by atoms with Crippen molar-refractivity contribution in [1.29, 1.82) is 0 Å². The summed E-state index contributed by atoms with van der Waals surface area (Å²) in [4.78, 5) is 2.32. The van der Waals surface area contributed by atoms with Gasteiger partial charge in [-0.05, 0) is 49.1 Å². The number of hydrogen-bond donors (Lipinski definition) is 0. The quantitative estimate of drug-likeness (QED) is 0.669. The molecule has 1 aliphatic carbocycles. The van der Waals surface area contributed by atoms with E-state index < -0.39 is 0 Å². The highest BCUT2D eigenvalue weighted by atomic mass is 15.1. The van der Waals surface area contributed by atoms with E-state index in [9.17, 15) is 0 Å². The molecule has 0 aliphatic heterocycles. The fourth-order valence-electron chi connectivity index (χ4n) is 2.70. The van der Waals surface area contributed by atoms with Gasteiger partial charge in [0.15, 0.2) is 0 Å². The second-order valence-electron chi connectivity index (χ2n) is 6.66. The van der Waals surface area contributed by atoms with E-state index in [0.29, 0.717) is 0 Å². The predicted octanol–water partition coefficient (Wildman–Crippen LogP) is 6.00. The molecule has 0 amide bonds. The maximum Gasteiger partial charge on any atom is 0.0461 e. The summed E-state index contributed by atoms with van der Waals surface area (Å²) >= 11 is 0. The summed E-state index contributed by atoms with van der Waals surface area (Å²) in [5.41, 5.74) is 5.17. The topological polar surface area (TPSA) is 3.24 Å². The van der Waals surface area contributed by atoms with Crippen molar-refractivity contribution in [2.75, 3.05) is 4.90 Å². The maximum absolute atomic E-state index is 2.34. The zero-order valence-electron chi connectivity index (χ0n) is 13.6. The molecule has 0 spiro atoms. The molecule has 22 heavy (non-hydrogen) atoms. The van der Waals surface area contributed by atoms with Crippen LogP contribution in [-0.2, 0) is 0 Å². The number of hydrogen-bond acceptors (Lipinski definition) is 1. The van der Waals surface area contributed by atoms with Crippen molar-refractivity contribution in [2.24, 2.45) is 5.41 Å². The van der Waals surface area contributed by atoms with Gasteiger partial charge in [-0.1, -0.05) is 61.9 Å². The van der Waals surface area contributed by atoms with Gasteiger partial charge in [-0.25, -0.2) is 0 Å². The fourth-order valence-corrected chi connectivity index (χ4v) is 2.70. The van der Waals surface area contributed by atoms with Crippen LogP contribution in [0.15, 0.2) is 78.5 Å². The first-order valence-corrected chi connectivity index (χ1v) is 7.86. The Morgan fingerprint density at radius 1 is 0.864 bits per heavy atom. The molecule has 112 valence electrons. The lowest BCUT2D eigenvalue weighted by Gasteiger charge is -2.31. The third-order valence-corrected chi connectivity index (χ3v) is 4.11. The van der Waals surface area contributed by atoms with Gasteiger partial charge in [0.1, 0.15) is 0 Å². The average Bonchev–Trinajstić information content (AvgIpc) is 2.52. The lowest BCUT2D eigenvalue weighted by Crippen LogP contribution is -2.19. The zero-order valence-corrected chi connectivity index (χ0v) is 13.6. The minimum absolute atomic E-state index is 0.249. The minimum Gasteiger partial charge on any atom is -0.311 e. The van der Waals surface area contributed by atoms with Gasteiger partial charge in [-0.15, -0.1) is 0 Å². The second-order valence-corrected chi connectivity index (χ2v) is 6.66. The molecule has 0 saturated heterocycles. The molecular weight excluding hydrogens is 266 g/mol. The summed E-state index contributed by atoms with van der Waals surface area (Å²) in [6, 6.07) is 19.3. The molecule has 1 nitrogen and oxygen atoms in total. The van der Waals surface area contributed by atoms with Gasteiger partial charge in [0.25, 0.3) is 0 Å². The first-order valence-electron chi connectivity index (χ1n) is 7.86. The summed E-state index contributed by atoms with van der Waals surface area (Å²) in [7, 11) is 0. The maximum atomic E-state index is 2.34. The van der Waals surface area contributed by atoms with Gasteiger partial charge in [0.05, 0.1) is 0 Å². The molecule has 2 aromatic carbocycles. The molecule has 0 radical (unpaired) electrons. The molecule has 0 unspecified atom stereocenters. The van der Waals surface area contributed by atoms with Gasteiger partial charge >= 0.3 is 0 Å². The summed E-state index contributed by atoms with van der Waals surface area (Å²) < 4.78 is 0. The number of anilines is 2. The van der Waals surface area contributed by atoms with E-state index in [1.54, 1.807) is 0 Å². The van der Waals surface area contributed by atoms with E-state index in [2.05, 4.69) is 98.5 Å². The Morgan fingerprint density at radius 2 is 1.50 bits per heavy atom. The van der Waals surface area contributed by atoms with Crippen LogP contribution < -0.4 is 4.90 Å². The first kappa shape index (κ1) is 14.6. The van der Waals surface area contributed by atoms with Gasteiger partial charge in [0.2, 0.25) is 0 Å². The number of allylic oxidation sites excluding steroid dienone is 3. The summed E-state index contributed by atoms with van der Waals surface area (Å²) in [5.74, 6) is 0. The zero-order chi connectivity index (χ0) is 15.6. The van der Waals surface area contributed by atoms with Gasteiger partial charge in [-0.2, -0.15) is 0 Å². The van der Waals surface area contributed by atoms with Crippen LogP contribution in [0.25, 0.3) is 0 Å². The van der Waals surface area contributed by atoms with Crippen LogP contribution in [0.2, 0.25) is 0 Å². The molecule has 0 bridgehead atoms. The third-order valence-electron chi connectivity index (χ3n) is 4.11. The number of benzene rings is 2. The molecule has 0 heterocycles. The van der Waals surface area contributed by atoms with Crippen LogP contribution in [0.5, 0.6) is 0 Å². The van der Waals surface area contributed by atoms with E-state index in [0.717, 1.165) is 6.42 Å². The monoisotopic (exact) mass is 289 g/mol. The van der Waals surface area contributed by atoms with E-state index >= 15 is 0 Å². The van der Waals surface area contributed by atoms with Crippen molar-refractivity contribution >= 4 is 11.4 Å². The van der Waals surface area contributed by atoms with Crippen molar-refractivity contribution in [1.82, 2.24) is 0 Å². The Balaban J connectivity index is 2.03. The van der Waals surface area contributed by atoms with Crippen LogP contribution in [0, 0.1) is 12.3 Å². The lowest BCUT2D eigenvalue weighted by atomic mass is 9.85. The first-order chi connectivity index (χ1) is 10.6. The summed E-state index contributed by atoms with van der Waals surface area (Å²) in [5, 5.41) is 0. The molecule has 1 heteroatoms. The normalized spacial score (nSPS) is 16.2. The van der Waals surface area contributed by atoms with Crippen molar-refractivity contribution < 1.29 is 0 Å². The van der Waals surface area contributed by atoms with Crippen LogP contribution in [0.4, 0.5) is 11.4 Å².